The molecule has 0 heterocycles. The maximum Gasteiger partial charge on any atom is 0.0300 e. The molecule has 11 heavy (non-hydrogen) atoms. The van der Waals surface area contributed by atoms with Crippen molar-refractivity contribution >= 4 is 12.4 Å². The summed E-state index contributed by atoms with van der Waals surface area (Å²) in [5.41, 5.74) is 2.78. The fraction of sp³-hybridized carbons (Fsp3) is 0.250. The first-order chi connectivity index (χ1) is 4.93. The van der Waals surface area contributed by atoms with Gasteiger partial charge in [-0.15, -0.1) is 16.9 Å². The van der Waals surface area contributed by atoms with Gasteiger partial charge in [-0.3, -0.25) is 0 Å². The topological polar surface area (TPSA) is 12.0 Å². The third kappa shape index (κ3) is 3.96. The second kappa shape index (κ2) is 6.13. The van der Waals surface area contributed by atoms with Crippen molar-refractivity contribution in [3.05, 3.63) is 35.9 Å². The summed E-state index contributed by atoms with van der Waals surface area (Å²) in [7, 11) is 0. The monoisotopic (exact) mass is 175 g/mol. The van der Waals surface area contributed by atoms with Gasteiger partial charge in [0.15, 0.2) is 0 Å². The molecular weight excluding hydrogens is 165 g/mol. The number of halogens is 2. The van der Waals surface area contributed by atoms with Crippen LogP contribution in [0.3, 0.4) is 0 Å². The van der Waals surface area contributed by atoms with Crippen LogP contribution < -0.4 is 5.54 Å². The van der Waals surface area contributed by atoms with E-state index in [0.717, 1.165) is 12.0 Å². The van der Waals surface area contributed by atoms with E-state index in [0.29, 0.717) is 6.54 Å². The number of hydrogen-bond acceptors (Lipinski definition) is 1. The molecular formula is C8H11ClFN. The highest BCUT2D eigenvalue weighted by molar-refractivity contribution is 5.85. The largest absolute Gasteiger partial charge is 0.159 e. The summed E-state index contributed by atoms with van der Waals surface area (Å²) in [6.07, 6.45) is 0.747. The first-order valence-corrected chi connectivity index (χ1v) is 3.31. The van der Waals surface area contributed by atoms with Crippen molar-refractivity contribution in [1.29, 1.82) is 0 Å². The van der Waals surface area contributed by atoms with Crippen LogP contribution in [-0.4, -0.2) is 6.54 Å². The van der Waals surface area contributed by atoms with E-state index in [1.54, 1.807) is 5.54 Å². The van der Waals surface area contributed by atoms with Crippen molar-refractivity contribution in [2.45, 2.75) is 6.42 Å². The first kappa shape index (κ1) is 10.4. The second-order valence-electron chi connectivity index (χ2n) is 2.12. The zero-order valence-corrected chi connectivity index (χ0v) is 6.90. The first-order valence-electron chi connectivity index (χ1n) is 3.31. The van der Waals surface area contributed by atoms with Gasteiger partial charge in [0.25, 0.3) is 0 Å². The van der Waals surface area contributed by atoms with Gasteiger partial charge in [0.05, 0.1) is 0 Å². The fourth-order valence-electron chi connectivity index (χ4n) is 0.836. The van der Waals surface area contributed by atoms with E-state index in [-0.39, 0.29) is 12.4 Å². The Balaban J connectivity index is 0.000001000. The standard InChI is InChI=1S/C8H10FN.ClH/c9-10-7-6-8-4-2-1-3-5-8;/h1-5,10H,6-7H2;1H. The van der Waals surface area contributed by atoms with Crippen LogP contribution in [0.2, 0.25) is 0 Å². The second-order valence-corrected chi connectivity index (χ2v) is 2.12. The van der Waals surface area contributed by atoms with Gasteiger partial charge in [0, 0.05) is 6.54 Å². The molecule has 1 rings (SSSR count). The van der Waals surface area contributed by atoms with E-state index < -0.39 is 0 Å². The van der Waals surface area contributed by atoms with Crippen molar-refractivity contribution in [3.63, 3.8) is 0 Å². The molecule has 1 aromatic carbocycles. The summed E-state index contributed by atoms with van der Waals surface area (Å²) < 4.78 is 11.4. The molecule has 0 unspecified atom stereocenters. The van der Waals surface area contributed by atoms with Crippen LogP contribution in [0.15, 0.2) is 30.3 Å². The summed E-state index contributed by atoms with van der Waals surface area (Å²) in [4.78, 5) is 0. The maximum absolute atomic E-state index is 11.4. The average molecular weight is 176 g/mol. The molecule has 1 N–H and O–H groups in total. The summed E-state index contributed by atoms with van der Waals surface area (Å²) in [6, 6.07) is 9.82. The van der Waals surface area contributed by atoms with E-state index in [4.69, 9.17) is 0 Å². The van der Waals surface area contributed by atoms with Gasteiger partial charge in [0.1, 0.15) is 0 Å². The lowest BCUT2D eigenvalue weighted by Crippen LogP contribution is -2.05. The summed E-state index contributed by atoms with van der Waals surface area (Å²) in [5, 5.41) is 0. The summed E-state index contributed by atoms with van der Waals surface area (Å²) in [6.45, 7) is 0.393. The maximum atomic E-state index is 11.4. The van der Waals surface area contributed by atoms with E-state index in [9.17, 15) is 4.48 Å². The van der Waals surface area contributed by atoms with Gasteiger partial charge in [-0.05, 0) is 12.0 Å². The van der Waals surface area contributed by atoms with E-state index >= 15 is 0 Å². The molecule has 0 saturated carbocycles. The molecule has 0 bridgehead atoms. The Morgan fingerprint density at radius 2 is 1.82 bits per heavy atom. The van der Waals surface area contributed by atoms with Gasteiger partial charge in [-0.25, -0.2) is 0 Å². The summed E-state index contributed by atoms with van der Waals surface area (Å²) in [5.74, 6) is 0. The average Bonchev–Trinajstić information content (AvgIpc) is 2.03. The Hall–Kier alpha value is -0.600. The quantitative estimate of drug-likeness (QED) is 0.694. The van der Waals surface area contributed by atoms with Crippen LogP contribution in [0, 0.1) is 0 Å². The third-order valence-electron chi connectivity index (χ3n) is 1.35. The molecule has 0 aliphatic carbocycles. The summed E-state index contributed by atoms with van der Waals surface area (Å²) >= 11 is 0. The highest BCUT2D eigenvalue weighted by Crippen LogP contribution is 1.97. The number of rotatable bonds is 3. The Morgan fingerprint density at radius 1 is 1.18 bits per heavy atom. The lowest BCUT2D eigenvalue weighted by Gasteiger charge is -1.95. The van der Waals surface area contributed by atoms with Crippen LogP contribution in [0.1, 0.15) is 5.56 Å². The van der Waals surface area contributed by atoms with E-state index in [2.05, 4.69) is 0 Å². The Kier molecular flexibility index (Phi) is 5.80. The molecule has 0 aliphatic heterocycles. The highest BCUT2D eigenvalue weighted by Gasteiger charge is 1.88. The molecule has 0 radical (unpaired) electrons. The third-order valence-corrected chi connectivity index (χ3v) is 1.35. The van der Waals surface area contributed by atoms with Gasteiger partial charge < -0.3 is 0 Å². The molecule has 0 aromatic heterocycles. The van der Waals surface area contributed by atoms with Crippen LogP contribution >= 0.6 is 12.4 Å². The Morgan fingerprint density at radius 3 is 2.36 bits per heavy atom. The van der Waals surface area contributed by atoms with Crippen LogP contribution in [0.5, 0.6) is 0 Å². The van der Waals surface area contributed by atoms with Gasteiger partial charge in [0.2, 0.25) is 0 Å². The molecule has 0 aliphatic rings. The minimum atomic E-state index is 0. The molecule has 3 heteroatoms. The van der Waals surface area contributed by atoms with Crippen molar-refractivity contribution in [2.24, 2.45) is 0 Å². The Labute approximate surface area is 72.0 Å². The molecule has 62 valence electrons. The smallest absolute Gasteiger partial charge is 0.0300 e. The van der Waals surface area contributed by atoms with Crippen molar-refractivity contribution < 1.29 is 4.48 Å². The molecule has 0 fully saturated rings. The zero-order chi connectivity index (χ0) is 7.23. The zero-order valence-electron chi connectivity index (χ0n) is 6.09. The Bertz CT molecular complexity index is 179. The van der Waals surface area contributed by atoms with Crippen molar-refractivity contribution in [3.8, 4) is 0 Å². The molecule has 0 spiro atoms. The van der Waals surface area contributed by atoms with Crippen molar-refractivity contribution in [2.75, 3.05) is 6.54 Å². The van der Waals surface area contributed by atoms with Crippen LogP contribution in [-0.2, 0) is 6.42 Å². The molecule has 0 saturated heterocycles. The lowest BCUT2D eigenvalue weighted by atomic mass is 10.2. The minimum Gasteiger partial charge on any atom is -0.159 e. The molecule has 1 nitrogen and oxygen atoms in total. The predicted octanol–water partition coefficient (Wildman–Crippen LogP) is 2.12. The molecule has 0 amide bonds. The minimum absolute atomic E-state index is 0. The molecule has 0 atom stereocenters. The SMILES string of the molecule is Cl.FNCCc1ccccc1. The normalized spacial score (nSPS) is 8.82. The van der Waals surface area contributed by atoms with Gasteiger partial charge >= 0.3 is 0 Å². The fourth-order valence-corrected chi connectivity index (χ4v) is 0.836. The number of benzene rings is 1. The van der Waals surface area contributed by atoms with E-state index in [1.165, 1.54) is 0 Å². The number of hydrogen-bond donors (Lipinski definition) is 1. The van der Waals surface area contributed by atoms with Gasteiger partial charge in [-0.2, -0.15) is 5.54 Å². The highest BCUT2D eigenvalue weighted by atomic mass is 35.5. The van der Waals surface area contributed by atoms with Gasteiger partial charge in [-0.1, -0.05) is 30.3 Å². The van der Waals surface area contributed by atoms with Crippen LogP contribution in [0.4, 0.5) is 4.48 Å². The number of nitrogens with one attached hydrogen (secondary N) is 1. The lowest BCUT2D eigenvalue weighted by molar-refractivity contribution is 0.337. The molecule has 1 aromatic rings. The van der Waals surface area contributed by atoms with Crippen LogP contribution in [0.25, 0.3) is 0 Å². The van der Waals surface area contributed by atoms with Crippen molar-refractivity contribution in [1.82, 2.24) is 5.54 Å². The van der Waals surface area contributed by atoms with E-state index in [1.807, 2.05) is 30.3 Å². The predicted molar refractivity (Wildman–Crippen MR) is 46.5 cm³/mol.